The van der Waals surface area contributed by atoms with Gasteiger partial charge in [-0.1, -0.05) is 6.92 Å². The highest BCUT2D eigenvalue weighted by Crippen LogP contribution is 2.17. The average molecular weight is 271 g/mol. The molecule has 1 aliphatic rings. The van der Waals surface area contributed by atoms with Gasteiger partial charge in [0.2, 0.25) is 11.8 Å². The van der Waals surface area contributed by atoms with E-state index in [1.54, 1.807) is 0 Å². The first kappa shape index (κ1) is 15.9. The normalized spacial score (nSPS) is 17.8. The van der Waals surface area contributed by atoms with Gasteiger partial charge in [-0.05, 0) is 25.2 Å². The van der Waals surface area contributed by atoms with E-state index in [-0.39, 0.29) is 17.7 Å². The second-order valence-electron chi connectivity index (χ2n) is 4.87. The van der Waals surface area contributed by atoms with Gasteiger partial charge in [0.1, 0.15) is 0 Å². The van der Waals surface area contributed by atoms with Crippen LogP contribution in [-0.4, -0.2) is 44.2 Å². The number of amides is 2. The molecule has 1 fully saturated rings. The minimum absolute atomic E-state index is 0.0400. The third-order valence-corrected chi connectivity index (χ3v) is 3.30. The van der Waals surface area contributed by atoms with Crippen molar-refractivity contribution in [3.05, 3.63) is 0 Å². The minimum Gasteiger partial charge on any atom is -0.381 e. The van der Waals surface area contributed by atoms with Crippen LogP contribution in [0.5, 0.6) is 0 Å². The molecule has 1 aliphatic heterocycles. The van der Waals surface area contributed by atoms with Gasteiger partial charge in [0.25, 0.3) is 0 Å². The first-order valence-corrected chi connectivity index (χ1v) is 7.03. The molecular weight excluding hydrogens is 246 g/mol. The molecule has 0 radical (unpaired) electrons. The Morgan fingerprint density at radius 3 is 2.58 bits per heavy atom. The van der Waals surface area contributed by atoms with Crippen LogP contribution in [0.25, 0.3) is 0 Å². The van der Waals surface area contributed by atoms with Crippen LogP contribution in [0.15, 0.2) is 0 Å². The highest BCUT2D eigenvalue weighted by atomic mass is 16.5. The lowest BCUT2D eigenvalue weighted by atomic mass is 9.92. The van der Waals surface area contributed by atoms with Gasteiger partial charge in [-0.3, -0.25) is 9.59 Å². The summed E-state index contributed by atoms with van der Waals surface area (Å²) in [4.78, 5) is 23.2. The van der Waals surface area contributed by atoms with Crippen LogP contribution in [0, 0.1) is 5.92 Å². The maximum Gasteiger partial charge on any atom is 0.237 e. The van der Waals surface area contributed by atoms with E-state index in [0.29, 0.717) is 32.7 Å². The zero-order valence-electron chi connectivity index (χ0n) is 11.6. The van der Waals surface area contributed by atoms with E-state index in [9.17, 15) is 9.59 Å². The Hall–Kier alpha value is -1.14. The van der Waals surface area contributed by atoms with Crippen LogP contribution < -0.4 is 16.4 Å². The number of nitrogens with one attached hydrogen (secondary N) is 2. The molecule has 1 rings (SSSR count). The average Bonchev–Trinajstić information content (AvgIpc) is 2.45. The van der Waals surface area contributed by atoms with Crippen molar-refractivity contribution in [2.75, 3.05) is 26.3 Å². The Balaban J connectivity index is 2.17. The summed E-state index contributed by atoms with van der Waals surface area (Å²) in [6.45, 7) is 4.35. The SMILES string of the molecule is CCCNC(=O)CCNC(=O)C(N)C1CCOCC1. The maximum absolute atomic E-state index is 11.8. The predicted molar refractivity (Wildman–Crippen MR) is 72.4 cm³/mol. The summed E-state index contributed by atoms with van der Waals surface area (Å²) in [6.07, 6.45) is 2.86. The van der Waals surface area contributed by atoms with Gasteiger partial charge in [0.05, 0.1) is 6.04 Å². The third-order valence-electron chi connectivity index (χ3n) is 3.30. The van der Waals surface area contributed by atoms with Gasteiger partial charge in [0, 0.05) is 32.7 Å². The van der Waals surface area contributed by atoms with Crippen molar-refractivity contribution in [1.82, 2.24) is 10.6 Å². The molecule has 4 N–H and O–H groups in total. The lowest BCUT2D eigenvalue weighted by molar-refractivity contribution is -0.124. The number of carbonyl (C=O) groups is 2. The Bertz CT molecular complexity index is 291. The van der Waals surface area contributed by atoms with Gasteiger partial charge < -0.3 is 21.1 Å². The van der Waals surface area contributed by atoms with E-state index in [1.165, 1.54) is 0 Å². The molecule has 0 aromatic rings. The van der Waals surface area contributed by atoms with Crippen LogP contribution in [0.2, 0.25) is 0 Å². The lowest BCUT2D eigenvalue weighted by Crippen LogP contribution is -2.47. The molecule has 6 nitrogen and oxygen atoms in total. The summed E-state index contributed by atoms with van der Waals surface area (Å²) in [5.41, 5.74) is 5.92. The molecule has 0 aliphatic carbocycles. The van der Waals surface area contributed by atoms with Crippen LogP contribution in [0.4, 0.5) is 0 Å². The summed E-state index contributed by atoms with van der Waals surface area (Å²) in [5, 5.41) is 5.48. The fraction of sp³-hybridized carbons (Fsp3) is 0.846. The van der Waals surface area contributed by atoms with Crippen molar-refractivity contribution in [3.8, 4) is 0 Å². The number of carbonyl (C=O) groups excluding carboxylic acids is 2. The molecule has 0 aromatic heterocycles. The zero-order chi connectivity index (χ0) is 14.1. The van der Waals surface area contributed by atoms with Crippen LogP contribution in [0.3, 0.4) is 0 Å². The third kappa shape index (κ3) is 6.02. The standard InChI is InChI=1S/C13H25N3O3/c1-2-6-15-11(17)3-7-16-13(18)12(14)10-4-8-19-9-5-10/h10,12H,2-9,14H2,1H3,(H,15,17)(H,16,18). The predicted octanol–water partition coefficient (Wildman–Crippen LogP) is -0.227. The molecule has 2 amide bonds. The molecule has 19 heavy (non-hydrogen) atoms. The van der Waals surface area contributed by atoms with Gasteiger partial charge in [-0.25, -0.2) is 0 Å². The van der Waals surface area contributed by atoms with Crippen molar-refractivity contribution < 1.29 is 14.3 Å². The van der Waals surface area contributed by atoms with Crippen LogP contribution in [0.1, 0.15) is 32.6 Å². The molecule has 1 heterocycles. The molecule has 0 bridgehead atoms. The molecule has 110 valence electrons. The summed E-state index contributed by atoms with van der Waals surface area (Å²) >= 11 is 0. The lowest BCUT2D eigenvalue weighted by Gasteiger charge is -2.26. The quantitative estimate of drug-likeness (QED) is 0.596. The Kier molecular flexibility index (Phi) is 7.43. The van der Waals surface area contributed by atoms with Gasteiger partial charge in [0.15, 0.2) is 0 Å². The number of hydrogen-bond acceptors (Lipinski definition) is 4. The maximum atomic E-state index is 11.8. The van der Waals surface area contributed by atoms with Crippen molar-refractivity contribution in [1.29, 1.82) is 0 Å². The Labute approximate surface area is 114 Å². The first-order valence-electron chi connectivity index (χ1n) is 7.03. The van der Waals surface area contributed by atoms with Crippen molar-refractivity contribution >= 4 is 11.8 Å². The number of rotatable bonds is 7. The second kappa shape index (κ2) is 8.87. The Morgan fingerprint density at radius 2 is 1.95 bits per heavy atom. The van der Waals surface area contributed by atoms with Crippen LogP contribution in [-0.2, 0) is 14.3 Å². The fourth-order valence-corrected chi connectivity index (χ4v) is 2.06. The minimum atomic E-state index is -0.498. The topological polar surface area (TPSA) is 93.5 Å². The first-order chi connectivity index (χ1) is 9.15. The fourth-order valence-electron chi connectivity index (χ4n) is 2.06. The molecule has 0 spiro atoms. The van der Waals surface area contributed by atoms with E-state index in [1.807, 2.05) is 6.92 Å². The van der Waals surface area contributed by atoms with E-state index >= 15 is 0 Å². The number of nitrogens with two attached hydrogens (primary N) is 1. The zero-order valence-corrected chi connectivity index (χ0v) is 11.6. The van der Waals surface area contributed by atoms with Gasteiger partial charge in [-0.15, -0.1) is 0 Å². The highest BCUT2D eigenvalue weighted by Gasteiger charge is 2.26. The van der Waals surface area contributed by atoms with Crippen LogP contribution >= 0.6 is 0 Å². The second-order valence-corrected chi connectivity index (χ2v) is 4.87. The smallest absolute Gasteiger partial charge is 0.237 e. The highest BCUT2D eigenvalue weighted by molar-refractivity contribution is 5.82. The van der Waals surface area contributed by atoms with E-state index < -0.39 is 6.04 Å². The largest absolute Gasteiger partial charge is 0.381 e. The molecule has 1 unspecified atom stereocenters. The summed E-state index contributed by atoms with van der Waals surface area (Å²) in [6, 6.07) is -0.498. The van der Waals surface area contributed by atoms with E-state index in [4.69, 9.17) is 10.5 Å². The number of hydrogen-bond donors (Lipinski definition) is 3. The number of ether oxygens (including phenoxy) is 1. The summed E-state index contributed by atoms with van der Waals surface area (Å²) < 4.78 is 5.24. The van der Waals surface area contributed by atoms with Crippen molar-refractivity contribution in [3.63, 3.8) is 0 Å². The van der Waals surface area contributed by atoms with Gasteiger partial charge >= 0.3 is 0 Å². The molecule has 1 saturated heterocycles. The summed E-state index contributed by atoms with van der Waals surface area (Å²) in [7, 11) is 0. The van der Waals surface area contributed by atoms with Crippen molar-refractivity contribution in [2.24, 2.45) is 11.7 Å². The Morgan fingerprint density at radius 1 is 1.26 bits per heavy atom. The van der Waals surface area contributed by atoms with E-state index in [2.05, 4.69) is 10.6 Å². The van der Waals surface area contributed by atoms with E-state index in [0.717, 1.165) is 19.3 Å². The van der Waals surface area contributed by atoms with Gasteiger partial charge in [-0.2, -0.15) is 0 Å². The summed E-state index contributed by atoms with van der Waals surface area (Å²) in [5.74, 6) is -0.0281. The monoisotopic (exact) mass is 271 g/mol. The molecule has 6 heteroatoms. The molecule has 0 saturated carbocycles. The molecule has 1 atom stereocenters. The molecule has 0 aromatic carbocycles. The van der Waals surface area contributed by atoms with Crippen molar-refractivity contribution in [2.45, 2.75) is 38.6 Å². The molecular formula is C13H25N3O3.